The van der Waals surface area contributed by atoms with Gasteiger partial charge in [0.2, 0.25) is 5.91 Å². The maximum Gasteiger partial charge on any atom is 0.323 e. The summed E-state index contributed by atoms with van der Waals surface area (Å²) in [6, 6.07) is -0.286. The van der Waals surface area contributed by atoms with E-state index >= 15 is 0 Å². The van der Waals surface area contributed by atoms with Gasteiger partial charge >= 0.3 is 5.97 Å². The fraction of sp³-hybridized carbons (Fsp3) is 0.800. The highest BCUT2D eigenvalue weighted by Crippen LogP contribution is 2.17. The van der Waals surface area contributed by atoms with Gasteiger partial charge in [-0.25, -0.2) is 0 Å². The lowest BCUT2D eigenvalue weighted by atomic mass is 10.0. The van der Waals surface area contributed by atoms with Crippen molar-refractivity contribution >= 4 is 11.9 Å². The van der Waals surface area contributed by atoms with E-state index in [0.717, 1.165) is 25.8 Å². The third-order valence-corrected chi connectivity index (χ3v) is 2.53. The Morgan fingerprint density at radius 2 is 2.20 bits per heavy atom. The third kappa shape index (κ3) is 3.51. The molecule has 5 heteroatoms. The average molecular weight is 214 g/mol. The normalized spacial score (nSPS) is 22.3. The van der Waals surface area contributed by atoms with E-state index < -0.39 is 5.91 Å². The van der Waals surface area contributed by atoms with Gasteiger partial charge in [0.25, 0.3) is 0 Å². The third-order valence-electron chi connectivity index (χ3n) is 2.53. The van der Waals surface area contributed by atoms with Crippen LogP contribution in [0.2, 0.25) is 0 Å². The van der Waals surface area contributed by atoms with Crippen molar-refractivity contribution in [1.29, 1.82) is 0 Å². The lowest BCUT2D eigenvalue weighted by Gasteiger charge is -2.32. The van der Waals surface area contributed by atoms with Crippen molar-refractivity contribution < 1.29 is 14.3 Å². The molecular weight excluding hydrogens is 196 g/mol. The molecule has 86 valence electrons. The molecular formula is C10H18N2O3. The number of carbonyl (C=O) groups is 2. The number of amides is 1. The van der Waals surface area contributed by atoms with E-state index in [4.69, 9.17) is 10.5 Å². The largest absolute Gasteiger partial charge is 0.465 e. The fourth-order valence-electron chi connectivity index (χ4n) is 1.89. The molecule has 5 nitrogen and oxygen atoms in total. The number of piperidine rings is 1. The standard InChI is InChI=1S/C10H18N2O3/c1-2-15-10(14)8-5-3-4-6-12(8)7-9(11)13/h8H,2-7H2,1H3,(H2,11,13). The number of hydrogen-bond acceptors (Lipinski definition) is 4. The van der Waals surface area contributed by atoms with Crippen molar-refractivity contribution in [2.24, 2.45) is 5.73 Å². The molecule has 1 saturated heterocycles. The van der Waals surface area contributed by atoms with E-state index in [2.05, 4.69) is 0 Å². The van der Waals surface area contributed by atoms with Gasteiger partial charge in [-0.1, -0.05) is 6.42 Å². The minimum Gasteiger partial charge on any atom is -0.465 e. The minimum absolute atomic E-state index is 0.142. The molecule has 1 aliphatic rings. The summed E-state index contributed by atoms with van der Waals surface area (Å²) >= 11 is 0. The minimum atomic E-state index is -0.397. The zero-order chi connectivity index (χ0) is 11.3. The second-order valence-corrected chi connectivity index (χ2v) is 3.70. The van der Waals surface area contributed by atoms with Gasteiger partial charge in [-0.05, 0) is 26.3 Å². The molecule has 0 aromatic carbocycles. The molecule has 2 N–H and O–H groups in total. The first-order chi connectivity index (χ1) is 7.15. The van der Waals surface area contributed by atoms with Crippen LogP contribution < -0.4 is 5.73 Å². The molecule has 1 aliphatic heterocycles. The van der Waals surface area contributed by atoms with E-state index in [-0.39, 0.29) is 18.6 Å². The van der Waals surface area contributed by atoms with Crippen molar-refractivity contribution in [2.45, 2.75) is 32.2 Å². The summed E-state index contributed by atoms with van der Waals surface area (Å²) in [6.07, 6.45) is 2.76. The summed E-state index contributed by atoms with van der Waals surface area (Å²) in [6.45, 7) is 3.04. The summed E-state index contributed by atoms with van der Waals surface area (Å²) in [5, 5.41) is 0. The molecule has 0 bridgehead atoms. The van der Waals surface area contributed by atoms with Gasteiger partial charge in [0, 0.05) is 0 Å². The second-order valence-electron chi connectivity index (χ2n) is 3.70. The number of nitrogens with zero attached hydrogens (tertiary/aromatic N) is 1. The Bertz CT molecular complexity index is 243. The molecule has 0 aromatic rings. The number of carbonyl (C=O) groups excluding carboxylic acids is 2. The second kappa shape index (κ2) is 5.70. The van der Waals surface area contributed by atoms with Crippen molar-refractivity contribution in [2.75, 3.05) is 19.7 Å². The smallest absolute Gasteiger partial charge is 0.323 e. The molecule has 1 amide bonds. The molecule has 1 unspecified atom stereocenters. The zero-order valence-electron chi connectivity index (χ0n) is 9.07. The summed E-state index contributed by atoms with van der Waals surface area (Å²) in [7, 11) is 0. The first-order valence-corrected chi connectivity index (χ1v) is 5.34. The number of nitrogens with two attached hydrogens (primary N) is 1. The topological polar surface area (TPSA) is 72.6 Å². The highest BCUT2D eigenvalue weighted by Gasteiger charge is 2.30. The van der Waals surface area contributed by atoms with Gasteiger partial charge in [0.05, 0.1) is 13.2 Å². The van der Waals surface area contributed by atoms with Crippen LogP contribution in [0.1, 0.15) is 26.2 Å². The molecule has 1 atom stereocenters. The summed E-state index contributed by atoms with van der Waals surface area (Å²) in [5.74, 6) is -0.635. The maximum atomic E-state index is 11.6. The first-order valence-electron chi connectivity index (χ1n) is 5.34. The van der Waals surface area contributed by atoms with Crippen LogP contribution in [0, 0.1) is 0 Å². The number of ether oxygens (including phenoxy) is 1. The first kappa shape index (κ1) is 12.0. The van der Waals surface area contributed by atoms with Crippen molar-refractivity contribution in [3.63, 3.8) is 0 Å². The monoisotopic (exact) mass is 214 g/mol. The Morgan fingerprint density at radius 3 is 2.80 bits per heavy atom. The van der Waals surface area contributed by atoms with Crippen LogP contribution in [0.4, 0.5) is 0 Å². The molecule has 1 heterocycles. The molecule has 0 aromatic heterocycles. The molecule has 1 rings (SSSR count). The van der Waals surface area contributed by atoms with Crippen molar-refractivity contribution in [1.82, 2.24) is 4.90 Å². The van der Waals surface area contributed by atoms with Crippen LogP contribution in [-0.4, -0.2) is 42.5 Å². The van der Waals surface area contributed by atoms with E-state index in [0.29, 0.717) is 6.61 Å². The van der Waals surface area contributed by atoms with Crippen LogP contribution >= 0.6 is 0 Å². The van der Waals surface area contributed by atoms with Crippen LogP contribution in [0.3, 0.4) is 0 Å². The van der Waals surface area contributed by atoms with Gasteiger partial charge in [0.1, 0.15) is 6.04 Å². The fourth-order valence-corrected chi connectivity index (χ4v) is 1.89. The number of likely N-dealkylation sites (tertiary alicyclic amines) is 1. The van der Waals surface area contributed by atoms with Crippen LogP contribution in [0.5, 0.6) is 0 Å². The van der Waals surface area contributed by atoms with Gasteiger partial charge < -0.3 is 10.5 Å². The maximum absolute atomic E-state index is 11.6. The SMILES string of the molecule is CCOC(=O)C1CCCCN1CC(N)=O. The molecule has 0 saturated carbocycles. The van der Waals surface area contributed by atoms with Gasteiger partial charge in [-0.3, -0.25) is 14.5 Å². The van der Waals surface area contributed by atoms with Crippen LogP contribution in [-0.2, 0) is 14.3 Å². The van der Waals surface area contributed by atoms with E-state index in [9.17, 15) is 9.59 Å². The Kier molecular flexibility index (Phi) is 4.55. The van der Waals surface area contributed by atoms with E-state index in [1.807, 2.05) is 4.90 Å². The Labute approximate surface area is 89.6 Å². The van der Waals surface area contributed by atoms with Crippen LogP contribution in [0.15, 0.2) is 0 Å². The molecule has 0 spiro atoms. The van der Waals surface area contributed by atoms with Gasteiger partial charge in [-0.2, -0.15) is 0 Å². The lowest BCUT2D eigenvalue weighted by molar-refractivity contribution is -0.151. The molecule has 15 heavy (non-hydrogen) atoms. The molecule has 0 aliphatic carbocycles. The van der Waals surface area contributed by atoms with Gasteiger partial charge in [0.15, 0.2) is 0 Å². The number of rotatable bonds is 4. The summed E-state index contributed by atoms with van der Waals surface area (Å²) in [4.78, 5) is 24.2. The average Bonchev–Trinajstić information content (AvgIpc) is 2.18. The van der Waals surface area contributed by atoms with Gasteiger partial charge in [-0.15, -0.1) is 0 Å². The highest BCUT2D eigenvalue weighted by molar-refractivity contribution is 5.79. The predicted molar refractivity (Wildman–Crippen MR) is 55.0 cm³/mol. The molecule has 1 fully saturated rings. The lowest BCUT2D eigenvalue weighted by Crippen LogP contribution is -2.48. The number of primary amides is 1. The zero-order valence-corrected chi connectivity index (χ0v) is 9.07. The van der Waals surface area contributed by atoms with E-state index in [1.165, 1.54) is 0 Å². The predicted octanol–water partition coefficient (Wildman–Crippen LogP) is -0.111. The number of esters is 1. The Balaban J connectivity index is 2.56. The van der Waals surface area contributed by atoms with Crippen molar-refractivity contribution in [3.8, 4) is 0 Å². The van der Waals surface area contributed by atoms with Crippen LogP contribution in [0.25, 0.3) is 0 Å². The summed E-state index contributed by atoms with van der Waals surface area (Å²) < 4.78 is 4.96. The number of hydrogen-bond donors (Lipinski definition) is 1. The highest BCUT2D eigenvalue weighted by atomic mass is 16.5. The Hall–Kier alpha value is -1.10. The Morgan fingerprint density at radius 1 is 1.47 bits per heavy atom. The molecule has 0 radical (unpaired) electrons. The van der Waals surface area contributed by atoms with E-state index in [1.54, 1.807) is 6.92 Å². The van der Waals surface area contributed by atoms with Crippen molar-refractivity contribution in [3.05, 3.63) is 0 Å². The summed E-state index contributed by atoms with van der Waals surface area (Å²) in [5.41, 5.74) is 5.13. The quantitative estimate of drug-likeness (QED) is 0.663.